The number of morpholine rings is 1. The van der Waals surface area contributed by atoms with Gasteiger partial charge in [-0.05, 0) is 36.2 Å². The van der Waals surface area contributed by atoms with Gasteiger partial charge < -0.3 is 18.9 Å². The summed E-state index contributed by atoms with van der Waals surface area (Å²) in [6.07, 6.45) is 2.45. The molecule has 1 saturated heterocycles. The van der Waals surface area contributed by atoms with Crippen LogP contribution >= 0.6 is 0 Å². The highest BCUT2D eigenvalue weighted by molar-refractivity contribution is 5.93. The van der Waals surface area contributed by atoms with Gasteiger partial charge in [0.15, 0.2) is 11.2 Å². The second-order valence-electron chi connectivity index (χ2n) is 7.05. The second-order valence-corrected chi connectivity index (χ2v) is 7.05. The van der Waals surface area contributed by atoms with Gasteiger partial charge in [0.1, 0.15) is 11.3 Å². The van der Waals surface area contributed by atoms with Crippen molar-refractivity contribution in [2.75, 3.05) is 32.8 Å². The van der Waals surface area contributed by atoms with E-state index >= 15 is 0 Å². The molecule has 3 aromatic rings. The predicted octanol–water partition coefficient (Wildman–Crippen LogP) is 2.75. The first-order valence-electron chi connectivity index (χ1n) is 9.86. The van der Waals surface area contributed by atoms with E-state index in [2.05, 4.69) is 10.2 Å². The van der Waals surface area contributed by atoms with Crippen LogP contribution in [0.2, 0.25) is 0 Å². The van der Waals surface area contributed by atoms with Gasteiger partial charge in [-0.15, -0.1) is 0 Å². The number of ether oxygens (including phenoxy) is 1. The number of nitrogens with one attached hydrogen (secondary N) is 1. The van der Waals surface area contributed by atoms with Crippen LogP contribution in [-0.4, -0.2) is 43.7 Å². The molecular formula is C22H24N2O5. The summed E-state index contributed by atoms with van der Waals surface area (Å²) in [6, 6.07) is 10.3. The van der Waals surface area contributed by atoms with Crippen molar-refractivity contribution < 1.29 is 18.4 Å². The first-order valence-corrected chi connectivity index (χ1v) is 9.86. The zero-order valence-corrected chi connectivity index (χ0v) is 16.3. The number of nitrogens with zero attached hydrogens (tertiary/aromatic N) is 1. The highest BCUT2D eigenvalue weighted by atomic mass is 16.5. The number of amides is 1. The third kappa shape index (κ3) is 4.26. The van der Waals surface area contributed by atoms with Crippen LogP contribution in [0.4, 0.5) is 0 Å². The van der Waals surface area contributed by atoms with Crippen molar-refractivity contribution in [3.8, 4) is 0 Å². The van der Waals surface area contributed by atoms with Crippen LogP contribution in [0.25, 0.3) is 11.0 Å². The maximum atomic E-state index is 12.7. The molecule has 1 aromatic carbocycles. The fourth-order valence-corrected chi connectivity index (χ4v) is 3.59. The van der Waals surface area contributed by atoms with Gasteiger partial charge in [0, 0.05) is 25.7 Å². The Balaban J connectivity index is 1.52. The minimum atomic E-state index is -0.423. The summed E-state index contributed by atoms with van der Waals surface area (Å²) in [6.45, 7) is 5.16. The van der Waals surface area contributed by atoms with Crippen LogP contribution in [-0.2, 0) is 11.2 Å². The molecule has 2 aromatic heterocycles. The van der Waals surface area contributed by atoms with E-state index in [-0.39, 0.29) is 17.2 Å². The summed E-state index contributed by atoms with van der Waals surface area (Å²) in [4.78, 5) is 27.4. The van der Waals surface area contributed by atoms with Gasteiger partial charge >= 0.3 is 0 Å². The van der Waals surface area contributed by atoms with Crippen molar-refractivity contribution in [2.45, 2.75) is 19.4 Å². The molecule has 0 saturated carbocycles. The molecule has 0 aliphatic carbocycles. The molecule has 1 fully saturated rings. The molecule has 1 N–H and O–H groups in total. The van der Waals surface area contributed by atoms with Crippen molar-refractivity contribution in [3.63, 3.8) is 0 Å². The van der Waals surface area contributed by atoms with Gasteiger partial charge in [-0.25, -0.2) is 0 Å². The van der Waals surface area contributed by atoms with E-state index < -0.39 is 5.91 Å². The Morgan fingerprint density at radius 2 is 2.03 bits per heavy atom. The summed E-state index contributed by atoms with van der Waals surface area (Å²) in [7, 11) is 0. The van der Waals surface area contributed by atoms with E-state index in [4.69, 9.17) is 13.6 Å². The number of rotatable bonds is 6. The van der Waals surface area contributed by atoms with Gasteiger partial charge in [0.05, 0.1) is 30.9 Å². The molecule has 7 heteroatoms. The zero-order chi connectivity index (χ0) is 20.2. The molecule has 0 bridgehead atoms. The fourth-order valence-electron chi connectivity index (χ4n) is 3.59. The van der Waals surface area contributed by atoms with E-state index in [1.54, 1.807) is 12.3 Å². The Hall–Kier alpha value is -2.90. The molecule has 29 heavy (non-hydrogen) atoms. The van der Waals surface area contributed by atoms with E-state index in [0.717, 1.165) is 30.8 Å². The second kappa shape index (κ2) is 8.63. The minimum Gasteiger partial charge on any atom is -0.468 e. The topological polar surface area (TPSA) is 84.9 Å². The lowest BCUT2D eigenvalue weighted by molar-refractivity contribution is 0.0117. The average molecular weight is 396 g/mol. The Bertz CT molecular complexity index is 1040. The molecule has 1 amide bonds. The lowest BCUT2D eigenvalue weighted by Gasteiger charge is -2.33. The van der Waals surface area contributed by atoms with E-state index in [0.29, 0.717) is 30.7 Å². The summed E-state index contributed by atoms with van der Waals surface area (Å²) in [5, 5.41) is 3.37. The van der Waals surface area contributed by atoms with Crippen LogP contribution in [0.1, 0.15) is 34.8 Å². The third-order valence-corrected chi connectivity index (χ3v) is 5.24. The molecule has 0 radical (unpaired) electrons. The summed E-state index contributed by atoms with van der Waals surface area (Å²) in [5.41, 5.74) is 1.24. The lowest BCUT2D eigenvalue weighted by Crippen LogP contribution is -2.43. The maximum Gasteiger partial charge on any atom is 0.287 e. The van der Waals surface area contributed by atoms with E-state index in [9.17, 15) is 9.59 Å². The maximum absolute atomic E-state index is 12.7. The van der Waals surface area contributed by atoms with Crippen LogP contribution in [0.5, 0.6) is 0 Å². The average Bonchev–Trinajstić information content (AvgIpc) is 3.29. The number of aryl methyl sites for hydroxylation is 1. The first-order chi connectivity index (χ1) is 14.2. The quantitative estimate of drug-likeness (QED) is 0.690. The van der Waals surface area contributed by atoms with Gasteiger partial charge in [-0.1, -0.05) is 13.0 Å². The number of furan rings is 1. The Labute approximate surface area is 168 Å². The highest BCUT2D eigenvalue weighted by Gasteiger charge is 2.26. The Morgan fingerprint density at radius 1 is 1.21 bits per heavy atom. The van der Waals surface area contributed by atoms with Crippen molar-refractivity contribution >= 4 is 16.9 Å². The lowest BCUT2D eigenvalue weighted by atomic mass is 10.1. The Kier molecular flexibility index (Phi) is 5.78. The zero-order valence-electron chi connectivity index (χ0n) is 16.3. The van der Waals surface area contributed by atoms with Gasteiger partial charge in [0.2, 0.25) is 0 Å². The monoisotopic (exact) mass is 396 g/mol. The molecule has 1 atom stereocenters. The normalized spacial score (nSPS) is 16.0. The molecule has 152 valence electrons. The molecule has 0 spiro atoms. The number of carbonyl (C=O) groups excluding carboxylic acids is 1. The van der Waals surface area contributed by atoms with Crippen molar-refractivity contribution in [1.29, 1.82) is 0 Å². The molecule has 3 heterocycles. The van der Waals surface area contributed by atoms with Crippen molar-refractivity contribution in [1.82, 2.24) is 10.2 Å². The molecule has 1 aliphatic rings. The van der Waals surface area contributed by atoms with Gasteiger partial charge in [0.25, 0.3) is 5.91 Å². The number of fused-ring (bicyclic) bond motifs is 1. The molecule has 4 rings (SSSR count). The molecule has 1 aliphatic heterocycles. The summed E-state index contributed by atoms with van der Waals surface area (Å²) < 4.78 is 16.7. The standard InChI is InChI=1S/C22H24N2O5/c1-2-15-5-6-19-16(12-15)18(25)13-21(29-19)22(26)23-14-17(20-4-3-9-28-20)24-7-10-27-11-8-24/h3-6,9,12-13,17H,2,7-8,10-11,14H2,1H3,(H,23,26). The molecule has 1 unspecified atom stereocenters. The fraction of sp³-hybridized carbons (Fsp3) is 0.364. The van der Waals surface area contributed by atoms with E-state index in [1.165, 1.54) is 6.07 Å². The minimum absolute atomic E-state index is 0.00641. The smallest absolute Gasteiger partial charge is 0.287 e. The van der Waals surface area contributed by atoms with Crippen molar-refractivity contribution in [2.24, 2.45) is 0 Å². The first kappa shape index (κ1) is 19.4. The number of carbonyl (C=O) groups is 1. The highest BCUT2D eigenvalue weighted by Crippen LogP contribution is 2.22. The summed E-state index contributed by atoms with van der Waals surface area (Å²) in [5.74, 6) is 0.361. The predicted molar refractivity (Wildman–Crippen MR) is 108 cm³/mol. The SMILES string of the molecule is CCc1ccc2oc(C(=O)NCC(c3ccco3)N3CCOCC3)cc(=O)c2c1. The Morgan fingerprint density at radius 3 is 2.76 bits per heavy atom. The van der Waals surface area contributed by atoms with Crippen LogP contribution < -0.4 is 10.7 Å². The molecular weight excluding hydrogens is 372 g/mol. The number of benzene rings is 1. The molecule has 7 nitrogen and oxygen atoms in total. The van der Waals surface area contributed by atoms with E-state index in [1.807, 2.05) is 31.2 Å². The van der Waals surface area contributed by atoms with Crippen LogP contribution in [0.3, 0.4) is 0 Å². The third-order valence-electron chi connectivity index (χ3n) is 5.24. The largest absolute Gasteiger partial charge is 0.468 e. The van der Waals surface area contributed by atoms with Gasteiger partial charge in [-0.2, -0.15) is 0 Å². The number of hydrogen-bond acceptors (Lipinski definition) is 6. The summed E-state index contributed by atoms with van der Waals surface area (Å²) >= 11 is 0. The number of hydrogen-bond donors (Lipinski definition) is 1. The van der Waals surface area contributed by atoms with Crippen LogP contribution in [0, 0.1) is 0 Å². The van der Waals surface area contributed by atoms with Gasteiger partial charge in [-0.3, -0.25) is 14.5 Å². The van der Waals surface area contributed by atoms with Crippen LogP contribution in [0.15, 0.2) is 56.3 Å². The van der Waals surface area contributed by atoms with Crippen molar-refractivity contribution in [3.05, 3.63) is 70.0 Å².